The first kappa shape index (κ1) is 13.5. The largest absolute Gasteiger partial charge is 0.486 e. The van der Waals surface area contributed by atoms with Gasteiger partial charge >= 0.3 is 0 Å². The number of allylic oxidation sites excluding steroid dienone is 4. The van der Waals surface area contributed by atoms with Crippen LogP contribution in [0.25, 0.3) is 11.3 Å². The molecule has 21 heavy (non-hydrogen) atoms. The Morgan fingerprint density at radius 2 is 2.10 bits per heavy atom. The third-order valence-electron chi connectivity index (χ3n) is 2.98. The Morgan fingerprint density at radius 3 is 2.90 bits per heavy atom. The lowest BCUT2D eigenvalue weighted by Crippen LogP contribution is -2.02. The van der Waals surface area contributed by atoms with E-state index in [-0.39, 0.29) is 0 Å². The minimum absolute atomic E-state index is 0.411. The molecule has 1 aliphatic carbocycles. The molecule has 1 heterocycles. The zero-order valence-electron chi connectivity index (χ0n) is 11.2. The van der Waals surface area contributed by atoms with Crippen molar-refractivity contribution in [1.82, 2.24) is 9.97 Å². The molecule has 1 aromatic carbocycles. The van der Waals surface area contributed by atoms with E-state index in [9.17, 15) is 0 Å². The predicted molar refractivity (Wildman–Crippen MR) is 83.0 cm³/mol. The number of benzene rings is 1. The van der Waals surface area contributed by atoms with E-state index in [1.807, 2.05) is 48.6 Å². The number of hydrogen-bond donors (Lipinski definition) is 0. The van der Waals surface area contributed by atoms with E-state index in [2.05, 4.69) is 16.0 Å². The number of halogens is 1. The maximum atomic E-state index is 5.92. The van der Waals surface area contributed by atoms with E-state index in [1.54, 1.807) is 6.07 Å². The van der Waals surface area contributed by atoms with Gasteiger partial charge in [-0.15, -0.1) is 0 Å². The van der Waals surface area contributed by atoms with Crippen LogP contribution in [0.4, 0.5) is 0 Å². The van der Waals surface area contributed by atoms with Gasteiger partial charge in [0.2, 0.25) is 0 Å². The van der Waals surface area contributed by atoms with Crippen LogP contribution < -0.4 is 4.74 Å². The van der Waals surface area contributed by atoms with Crippen molar-refractivity contribution in [2.45, 2.75) is 0 Å². The Kier molecular flexibility index (Phi) is 4.06. The van der Waals surface area contributed by atoms with Gasteiger partial charge in [-0.3, -0.25) is 0 Å². The lowest BCUT2D eigenvalue weighted by atomic mass is 10.1. The predicted octanol–water partition coefficient (Wildman–Crippen LogP) is 4.03. The zero-order valence-corrected chi connectivity index (χ0v) is 11.9. The van der Waals surface area contributed by atoms with Crippen LogP contribution in [0.2, 0.25) is 5.15 Å². The fraction of sp³-hybridized carbons (Fsp3) is 0.0588. The summed E-state index contributed by atoms with van der Waals surface area (Å²) in [4.78, 5) is 8.14. The van der Waals surface area contributed by atoms with Crippen LogP contribution in [-0.2, 0) is 0 Å². The maximum absolute atomic E-state index is 5.92. The molecular formula is C17H12ClN2O+. The topological polar surface area (TPSA) is 35.0 Å². The van der Waals surface area contributed by atoms with E-state index in [0.29, 0.717) is 11.8 Å². The molecule has 3 nitrogen and oxygen atoms in total. The minimum atomic E-state index is 0.411. The Morgan fingerprint density at radius 1 is 1.19 bits per heavy atom. The summed E-state index contributed by atoms with van der Waals surface area (Å²) in [6.07, 6.45) is 12.1. The number of aromatic nitrogens is 2. The maximum Gasteiger partial charge on any atom is 0.138 e. The molecule has 0 radical (unpaired) electrons. The van der Waals surface area contributed by atoms with Crippen molar-refractivity contribution in [2.24, 2.45) is 0 Å². The van der Waals surface area contributed by atoms with Crippen molar-refractivity contribution in [3.05, 3.63) is 77.8 Å². The molecule has 3 rings (SSSR count). The lowest BCUT2D eigenvalue weighted by molar-refractivity contribution is 0.357. The number of ether oxygens (including phenoxy) is 1. The Labute approximate surface area is 128 Å². The van der Waals surface area contributed by atoms with Gasteiger partial charge in [0.1, 0.15) is 41.6 Å². The molecule has 0 fully saturated rings. The van der Waals surface area contributed by atoms with Gasteiger partial charge in [-0.2, -0.15) is 0 Å². The standard InChI is InChI=1S/C17H12ClN2O/c18-17-10-15(19-12-20-17)14-8-4-5-9-16(14)21-11-13-6-2-1-3-7-13/h2-10,12H,11H2/q+1. The number of rotatable bonds is 4. The molecule has 0 saturated heterocycles. The second-order valence-corrected chi connectivity index (χ2v) is 4.81. The SMILES string of the molecule is Clc1cc(-c2ccccc2OCC2=CC=[C+]C=C2)ncn1. The fourth-order valence-corrected chi connectivity index (χ4v) is 2.11. The van der Waals surface area contributed by atoms with Gasteiger partial charge in [0.25, 0.3) is 0 Å². The van der Waals surface area contributed by atoms with Crippen LogP contribution in [0.5, 0.6) is 5.75 Å². The molecule has 0 bridgehead atoms. The van der Waals surface area contributed by atoms with Crippen molar-refractivity contribution in [3.63, 3.8) is 0 Å². The molecule has 0 spiro atoms. The third-order valence-corrected chi connectivity index (χ3v) is 3.19. The first-order chi connectivity index (χ1) is 10.3. The highest BCUT2D eigenvalue weighted by atomic mass is 35.5. The second kappa shape index (κ2) is 6.31. The van der Waals surface area contributed by atoms with Gasteiger partial charge in [0.05, 0.1) is 17.8 Å². The van der Waals surface area contributed by atoms with Gasteiger partial charge in [0.15, 0.2) is 0 Å². The third kappa shape index (κ3) is 3.34. The van der Waals surface area contributed by atoms with Crippen molar-refractivity contribution in [1.29, 1.82) is 0 Å². The van der Waals surface area contributed by atoms with Gasteiger partial charge in [0, 0.05) is 17.7 Å². The molecule has 1 aliphatic rings. The molecule has 0 amide bonds. The van der Waals surface area contributed by atoms with Crippen molar-refractivity contribution < 1.29 is 4.74 Å². The summed E-state index contributed by atoms with van der Waals surface area (Å²) < 4.78 is 5.90. The lowest BCUT2D eigenvalue weighted by Gasteiger charge is -2.10. The van der Waals surface area contributed by atoms with Crippen LogP contribution in [0.15, 0.2) is 66.5 Å². The minimum Gasteiger partial charge on any atom is -0.486 e. The highest BCUT2D eigenvalue weighted by Crippen LogP contribution is 2.29. The summed E-state index contributed by atoms with van der Waals surface area (Å²) >= 11 is 5.92. The van der Waals surface area contributed by atoms with Crippen LogP contribution in [0, 0.1) is 6.08 Å². The first-order valence-corrected chi connectivity index (χ1v) is 6.85. The smallest absolute Gasteiger partial charge is 0.138 e. The van der Waals surface area contributed by atoms with E-state index in [1.165, 1.54) is 6.33 Å². The van der Waals surface area contributed by atoms with Crippen LogP contribution in [-0.4, -0.2) is 16.6 Å². The van der Waals surface area contributed by atoms with E-state index in [4.69, 9.17) is 16.3 Å². The average molecular weight is 296 g/mol. The summed E-state index contributed by atoms with van der Waals surface area (Å²) in [6.45, 7) is 0.491. The molecule has 0 saturated carbocycles. The monoisotopic (exact) mass is 295 g/mol. The Balaban J connectivity index is 1.84. The molecule has 0 unspecified atom stereocenters. The number of nitrogens with zero attached hydrogens (tertiary/aromatic N) is 2. The molecule has 0 aliphatic heterocycles. The average Bonchev–Trinajstić information content (AvgIpc) is 2.54. The Bertz CT molecular complexity index is 735. The van der Waals surface area contributed by atoms with E-state index < -0.39 is 0 Å². The quantitative estimate of drug-likeness (QED) is 0.631. The summed E-state index contributed by atoms with van der Waals surface area (Å²) in [6, 6.07) is 9.46. The van der Waals surface area contributed by atoms with Crippen LogP contribution in [0.3, 0.4) is 0 Å². The normalized spacial score (nSPS) is 12.7. The first-order valence-electron chi connectivity index (χ1n) is 6.48. The van der Waals surface area contributed by atoms with Gasteiger partial charge in [-0.25, -0.2) is 9.97 Å². The fourth-order valence-electron chi connectivity index (χ4n) is 1.96. The van der Waals surface area contributed by atoms with E-state index >= 15 is 0 Å². The molecular weight excluding hydrogens is 284 g/mol. The summed E-state index contributed by atoms with van der Waals surface area (Å²) in [5, 5.41) is 0.411. The van der Waals surface area contributed by atoms with Crippen molar-refractivity contribution in [2.75, 3.05) is 6.61 Å². The van der Waals surface area contributed by atoms with Crippen LogP contribution in [0.1, 0.15) is 0 Å². The number of hydrogen-bond acceptors (Lipinski definition) is 3. The highest BCUT2D eigenvalue weighted by Gasteiger charge is 2.10. The molecule has 2 aromatic rings. The zero-order chi connectivity index (χ0) is 14.5. The molecule has 102 valence electrons. The summed E-state index contributed by atoms with van der Waals surface area (Å²) in [5.74, 6) is 0.764. The van der Waals surface area contributed by atoms with Gasteiger partial charge in [-0.05, 0) is 12.1 Å². The van der Waals surface area contributed by atoms with Crippen LogP contribution >= 0.6 is 11.6 Å². The molecule has 1 aromatic heterocycles. The van der Waals surface area contributed by atoms with Gasteiger partial charge < -0.3 is 4.74 Å². The second-order valence-electron chi connectivity index (χ2n) is 4.42. The molecule has 0 N–H and O–H groups in total. The molecule has 0 atom stereocenters. The van der Waals surface area contributed by atoms with Gasteiger partial charge in [-0.1, -0.05) is 23.7 Å². The summed E-state index contributed by atoms with van der Waals surface area (Å²) in [7, 11) is 0. The number of para-hydroxylation sites is 1. The molecule has 4 heteroatoms. The van der Waals surface area contributed by atoms with Crippen molar-refractivity contribution in [3.8, 4) is 17.0 Å². The van der Waals surface area contributed by atoms with E-state index in [0.717, 1.165) is 22.6 Å². The highest BCUT2D eigenvalue weighted by molar-refractivity contribution is 6.29. The Hall–Kier alpha value is -2.48. The van der Waals surface area contributed by atoms with Crippen molar-refractivity contribution >= 4 is 11.6 Å². The summed E-state index contributed by atoms with van der Waals surface area (Å²) in [5.41, 5.74) is 2.72.